The first-order chi connectivity index (χ1) is 8.91. The van der Waals surface area contributed by atoms with Crippen LogP contribution in [0.15, 0.2) is 21.1 Å². The number of carbonyl (C=O) groups is 3. The van der Waals surface area contributed by atoms with Crippen LogP contribution in [0.4, 0.5) is 5.69 Å². The molecule has 0 aliphatic carbocycles. The lowest BCUT2D eigenvalue weighted by Crippen LogP contribution is -2.31. The molecule has 19 heavy (non-hydrogen) atoms. The fourth-order valence-corrected chi connectivity index (χ4v) is 3.39. The molecule has 1 aromatic rings. The molecule has 0 radical (unpaired) electrons. The van der Waals surface area contributed by atoms with Gasteiger partial charge in [-0.25, -0.2) is 0 Å². The summed E-state index contributed by atoms with van der Waals surface area (Å²) in [6.45, 7) is 0.212. The zero-order valence-electron chi connectivity index (χ0n) is 9.65. The summed E-state index contributed by atoms with van der Waals surface area (Å²) >= 11 is 6.59. The van der Waals surface area contributed by atoms with Crippen LogP contribution in [-0.2, 0) is 9.59 Å². The van der Waals surface area contributed by atoms with Crippen molar-refractivity contribution in [3.8, 4) is 0 Å². The summed E-state index contributed by atoms with van der Waals surface area (Å²) in [5, 5.41) is 8.61. The number of fused-ring (bicyclic) bond motifs is 1. The van der Waals surface area contributed by atoms with Gasteiger partial charge in [0.1, 0.15) is 0 Å². The average Bonchev–Trinajstić information content (AvgIpc) is 2.54. The second kappa shape index (κ2) is 5.42. The van der Waals surface area contributed by atoms with Gasteiger partial charge in [0.15, 0.2) is 0 Å². The number of amides is 1. The molecule has 0 spiro atoms. The number of halogens is 2. The van der Waals surface area contributed by atoms with E-state index in [1.807, 2.05) is 0 Å². The quantitative estimate of drug-likeness (QED) is 0.802. The van der Waals surface area contributed by atoms with Crippen LogP contribution in [0.1, 0.15) is 23.2 Å². The summed E-state index contributed by atoms with van der Waals surface area (Å²) in [6.07, 6.45) is 0.262. The molecule has 0 fully saturated rings. The lowest BCUT2D eigenvalue weighted by Gasteiger charge is -2.17. The molecule has 7 heteroatoms. The van der Waals surface area contributed by atoms with Gasteiger partial charge in [0.25, 0.3) is 11.7 Å². The van der Waals surface area contributed by atoms with Crippen molar-refractivity contribution in [1.82, 2.24) is 0 Å². The van der Waals surface area contributed by atoms with E-state index in [9.17, 15) is 14.4 Å². The molecule has 1 heterocycles. The van der Waals surface area contributed by atoms with Gasteiger partial charge in [0, 0.05) is 21.9 Å². The van der Waals surface area contributed by atoms with Crippen LogP contribution >= 0.6 is 31.9 Å². The maximum atomic E-state index is 11.9. The first kappa shape index (κ1) is 14.2. The smallest absolute Gasteiger partial charge is 0.303 e. The Morgan fingerprint density at radius 2 is 1.95 bits per heavy atom. The van der Waals surface area contributed by atoms with Gasteiger partial charge < -0.3 is 10.0 Å². The van der Waals surface area contributed by atoms with Crippen LogP contribution in [0.3, 0.4) is 0 Å². The number of carboxylic acid groups (broad SMARTS) is 1. The van der Waals surface area contributed by atoms with E-state index >= 15 is 0 Å². The number of hydrogen-bond acceptors (Lipinski definition) is 3. The van der Waals surface area contributed by atoms with E-state index in [1.54, 1.807) is 12.1 Å². The van der Waals surface area contributed by atoms with Gasteiger partial charge in [-0.1, -0.05) is 15.9 Å². The summed E-state index contributed by atoms with van der Waals surface area (Å²) in [4.78, 5) is 35.6. The Balaban J connectivity index is 2.31. The minimum absolute atomic E-state index is 0.0402. The van der Waals surface area contributed by atoms with Crippen LogP contribution in [-0.4, -0.2) is 29.3 Å². The zero-order valence-corrected chi connectivity index (χ0v) is 12.8. The molecular weight excluding hydrogens is 382 g/mol. The topological polar surface area (TPSA) is 74.7 Å². The van der Waals surface area contributed by atoms with Gasteiger partial charge in [-0.15, -0.1) is 0 Å². The number of Topliss-reactive ketones (excluding diaryl/α,β-unsaturated/α-hetero) is 1. The van der Waals surface area contributed by atoms with Crippen molar-refractivity contribution in [1.29, 1.82) is 0 Å². The first-order valence-electron chi connectivity index (χ1n) is 5.49. The summed E-state index contributed by atoms with van der Waals surface area (Å²) in [6, 6.07) is 3.34. The molecule has 2 rings (SSSR count). The molecule has 0 atom stereocenters. The summed E-state index contributed by atoms with van der Waals surface area (Å²) in [7, 11) is 0. The van der Waals surface area contributed by atoms with Gasteiger partial charge in [-0.3, -0.25) is 14.4 Å². The molecule has 1 aliphatic heterocycles. The van der Waals surface area contributed by atoms with Crippen molar-refractivity contribution < 1.29 is 19.5 Å². The Kier molecular flexibility index (Phi) is 4.05. The lowest BCUT2D eigenvalue weighted by atomic mass is 10.1. The van der Waals surface area contributed by atoms with Gasteiger partial charge in [-0.2, -0.15) is 0 Å². The van der Waals surface area contributed by atoms with Crippen LogP contribution in [0.5, 0.6) is 0 Å². The van der Waals surface area contributed by atoms with E-state index in [0.29, 0.717) is 26.6 Å². The zero-order chi connectivity index (χ0) is 14.2. The molecule has 1 aliphatic rings. The van der Waals surface area contributed by atoms with E-state index in [4.69, 9.17) is 5.11 Å². The van der Waals surface area contributed by atoms with Gasteiger partial charge in [-0.05, 0) is 34.5 Å². The minimum atomic E-state index is -0.923. The van der Waals surface area contributed by atoms with Crippen molar-refractivity contribution >= 4 is 55.2 Å². The monoisotopic (exact) mass is 389 g/mol. The van der Waals surface area contributed by atoms with Gasteiger partial charge >= 0.3 is 5.97 Å². The van der Waals surface area contributed by atoms with Gasteiger partial charge in [0.2, 0.25) is 0 Å². The number of nitrogens with zero attached hydrogens (tertiary/aromatic N) is 1. The predicted molar refractivity (Wildman–Crippen MR) is 75.4 cm³/mol. The molecule has 0 saturated carbocycles. The standard InChI is InChI=1S/C12H9Br2NO4/c13-6-4-7-10(8(14)5-6)15(12(19)11(7)18)3-1-2-9(16)17/h4-5H,1-3H2,(H,16,17). The Morgan fingerprint density at radius 3 is 2.58 bits per heavy atom. The predicted octanol–water partition coefficient (Wildman–Crippen LogP) is 2.61. The van der Waals surface area contributed by atoms with E-state index in [1.165, 1.54) is 4.90 Å². The summed E-state index contributed by atoms with van der Waals surface area (Å²) in [5.74, 6) is -2.10. The van der Waals surface area contributed by atoms with E-state index in [-0.39, 0.29) is 13.0 Å². The maximum Gasteiger partial charge on any atom is 0.303 e. The Bertz CT molecular complexity index is 585. The van der Waals surface area contributed by atoms with Crippen LogP contribution in [0.2, 0.25) is 0 Å². The lowest BCUT2D eigenvalue weighted by molar-refractivity contribution is -0.137. The van der Waals surface area contributed by atoms with Crippen molar-refractivity contribution in [2.45, 2.75) is 12.8 Å². The Labute approximate surface area is 125 Å². The molecule has 1 aromatic carbocycles. The molecule has 0 bridgehead atoms. The largest absolute Gasteiger partial charge is 0.481 e. The molecule has 1 N–H and O–H groups in total. The maximum absolute atomic E-state index is 11.9. The molecular formula is C12H9Br2NO4. The number of hydrogen-bond donors (Lipinski definition) is 1. The van der Waals surface area contributed by atoms with E-state index in [2.05, 4.69) is 31.9 Å². The number of aliphatic carboxylic acids is 1. The van der Waals surface area contributed by atoms with Crippen LogP contribution in [0, 0.1) is 0 Å². The molecule has 1 amide bonds. The minimum Gasteiger partial charge on any atom is -0.481 e. The number of carbonyl (C=O) groups excluding carboxylic acids is 2. The molecule has 0 saturated heterocycles. The number of rotatable bonds is 4. The molecule has 0 aromatic heterocycles. The van der Waals surface area contributed by atoms with Crippen LogP contribution in [0.25, 0.3) is 0 Å². The van der Waals surface area contributed by atoms with Crippen molar-refractivity contribution in [3.63, 3.8) is 0 Å². The number of anilines is 1. The summed E-state index contributed by atoms with van der Waals surface area (Å²) in [5.41, 5.74) is 0.852. The van der Waals surface area contributed by atoms with E-state index < -0.39 is 17.7 Å². The Hall–Kier alpha value is -1.21. The van der Waals surface area contributed by atoms with Crippen LogP contribution < -0.4 is 4.90 Å². The highest BCUT2D eigenvalue weighted by atomic mass is 79.9. The van der Waals surface area contributed by atoms with E-state index in [0.717, 1.165) is 0 Å². The van der Waals surface area contributed by atoms with Crippen molar-refractivity contribution in [3.05, 3.63) is 26.6 Å². The average molecular weight is 391 g/mol. The highest BCUT2D eigenvalue weighted by Crippen LogP contribution is 2.38. The highest BCUT2D eigenvalue weighted by Gasteiger charge is 2.37. The van der Waals surface area contributed by atoms with Crippen molar-refractivity contribution in [2.24, 2.45) is 0 Å². The first-order valence-corrected chi connectivity index (χ1v) is 7.07. The summed E-state index contributed by atoms with van der Waals surface area (Å²) < 4.78 is 1.33. The third-order valence-corrected chi connectivity index (χ3v) is 3.82. The normalized spacial score (nSPS) is 13.9. The fourth-order valence-electron chi connectivity index (χ4n) is 1.95. The van der Waals surface area contributed by atoms with Crippen molar-refractivity contribution in [2.75, 3.05) is 11.4 Å². The highest BCUT2D eigenvalue weighted by molar-refractivity contribution is 9.11. The fraction of sp³-hybridized carbons (Fsp3) is 0.250. The second-order valence-corrected chi connectivity index (χ2v) is 5.84. The molecule has 100 valence electrons. The SMILES string of the molecule is O=C(O)CCCN1C(=O)C(=O)c2cc(Br)cc(Br)c21. The number of carboxylic acids is 1. The third-order valence-electron chi connectivity index (χ3n) is 2.75. The third kappa shape index (κ3) is 2.71. The number of benzene rings is 1. The van der Waals surface area contributed by atoms with Gasteiger partial charge in [0.05, 0.1) is 11.3 Å². The molecule has 0 unspecified atom stereocenters. The number of ketones is 1. The Morgan fingerprint density at radius 1 is 1.26 bits per heavy atom. The molecule has 5 nitrogen and oxygen atoms in total. The second-order valence-electron chi connectivity index (χ2n) is 4.07.